The molecule has 1 aromatic carbocycles. The lowest BCUT2D eigenvalue weighted by molar-refractivity contribution is 0.604. The van der Waals surface area contributed by atoms with Crippen molar-refractivity contribution in [1.29, 1.82) is 0 Å². The molecule has 1 heterocycles. The van der Waals surface area contributed by atoms with Gasteiger partial charge in [0.25, 0.3) is 0 Å². The van der Waals surface area contributed by atoms with Gasteiger partial charge in [0.1, 0.15) is 5.82 Å². The maximum atomic E-state index is 13.3. The van der Waals surface area contributed by atoms with Gasteiger partial charge in [-0.05, 0) is 49.6 Å². The topological polar surface area (TPSA) is 12.0 Å². The summed E-state index contributed by atoms with van der Waals surface area (Å²) in [4.78, 5) is 0. The zero-order valence-electron chi connectivity index (χ0n) is 8.11. The number of hydrogen-bond acceptors (Lipinski definition) is 1. The van der Waals surface area contributed by atoms with Crippen molar-refractivity contribution in [2.45, 2.75) is 25.8 Å². The van der Waals surface area contributed by atoms with E-state index >= 15 is 0 Å². The van der Waals surface area contributed by atoms with Crippen LogP contribution in [0.3, 0.4) is 0 Å². The third-order valence-electron chi connectivity index (χ3n) is 2.74. The first-order chi connectivity index (χ1) is 6.68. The highest BCUT2D eigenvalue weighted by atomic mass is 35.5. The first-order valence-corrected chi connectivity index (χ1v) is 5.25. The standard InChI is InChI=1S/C11H13ClFN/c1-7-5-9(12)10(13)6-8(7)11-3-2-4-14-11/h5-6,11,14H,2-4H2,1H3. The second-order valence-corrected chi connectivity index (χ2v) is 4.18. The number of nitrogens with one attached hydrogen (secondary N) is 1. The molecular weight excluding hydrogens is 201 g/mol. The highest BCUT2D eigenvalue weighted by Crippen LogP contribution is 2.29. The molecule has 0 amide bonds. The van der Waals surface area contributed by atoms with Crippen LogP contribution in [0.1, 0.15) is 30.0 Å². The van der Waals surface area contributed by atoms with Crippen LogP contribution < -0.4 is 5.32 Å². The molecule has 1 atom stereocenters. The number of aryl methyl sites for hydroxylation is 1. The van der Waals surface area contributed by atoms with Crippen molar-refractivity contribution in [3.05, 3.63) is 34.1 Å². The largest absolute Gasteiger partial charge is 0.310 e. The van der Waals surface area contributed by atoms with Gasteiger partial charge in [0.2, 0.25) is 0 Å². The van der Waals surface area contributed by atoms with Gasteiger partial charge in [-0.3, -0.25) is 0 Å². The summed E-state index contributed by atoms with van der Waals surface area (Å²) in [5.41, 5.74) is 2.11. The van der Waals surface area contributed by atoms with Crippen LogP contribution in [-0.4, -0.2) is 6.54 Å². The average Bonchev–Trinajstić information content (AvgIpc) is 2.64. The lowest BCUT2D eigenvalue weighted by atomic mass is 10.00. The normalized spacial score (nSPS) is 21.5. The van der Waals surface area contributed by atoms with E-state index in [1.807, 2.05) is 6.92 Å². The van der Waals surface area contributed by atoms with E-state index in [0.717, 1.165) is 30.5 Å². The molecule has 3 heteroatoms. The minimum Gasteiger partial charge on any atom is -0.310 e. The van der Waals surface area contributed by atoms with Gasteiger partial charge >= 0.3 is 0 Å². The van der Waals surface area contributed by atoms with Crippen LogP contribution >= 0.6 is 11.6 Å². The van der Waals surface area contributed by atoms with Crippen LogP contribution in [0.2, 0.25) is 5.02 Å². The Hall–Kier alpha value is -0.600. The predicted octanol–water partition coefficient (Wildman–Crippen LogP) is 3.21. The maximum absolute atomic E-state index is 13.3. The van der Waals surface area contributed by atoms with Gasteiger partial charge in [-0.15, -0.1) is 0 Å². The van der Waals surface area contributed by atoms with Crippen molar-refractivity contribution in [3.63, 3.8) is 0 Å². The Morgan fingerprint density at radius 3 is 2.93 bits per heavy atom. The Balaban J connectivity index is 2.37. The highest BCUT2D eigenvalue weighted by Gasteiger charge is 2.19. The van der Waals surface area contributed by atoms with Crippen LogP contribution in [-0.2, 0) is 0 Å². The summed E-state index contributed by atoms with van der Waals surface area (Å²) in [7, 11) is 0. The molecule has 1 aliphatic rings. The first-order valence-electron chi connectivity index (χ1n) is 4.87. The van der Waals surface area contributed by atoms with Crippen molar-refractivity contribution in [3.8, 4) is 0 Å². The van der Waals surface area contributed by atoms with Gasteiger partial charge in [-0.1, -0.05) is 11.6 Å². The molecule has 14 heavy (non-hydrogen) atoms. The van der Waals surface area contributed by atoms with E-state index in [-0.39, 0.29) is 10.8 Å². The van der Waals surface area contributed by atoms with Crippen molar-refractivity contribution in [2.24, 2.45) is 0 Å². The van der Waals surface area contributed by atoms with E-state index in [9.17, 15) is 4.39 Å². The van der Waals surface area contributed by atoms with Gasteiger partial charge < -0.3 is 5.32 Å². The first kappa shape index (κ1) is 9.94. The highest BCUT2D eigenvalue weighted by molar-refractivity contribution is 6.30. The van der Waals surface area contributed by atoms with E-state index in [1.165, 1.54) is 0 Å². The summed E-state index contributed by atoms with van der Waals surface area (Å²) >= 11 is 5.70. The number of halogens is 2. The zero-order valence-corrected chi connectivity index (χ0v) is 8.87. The molecule has 1 aromatic rings. The SMILES string of the molecule is Cc1cc(Cl)c(F)cc1C1CCCN1. The Morgan fingerprint density at radius 1 is 1.50 bits per heavy atom. The molecule has 2 rings (SSSR count). The van der Waals surface area contributed by atoms with E-state index < -0.39 is 0 Å². The fourth-order valence-electron chi connectivity index (χ4n) is 1.99. The smallest absolute Gasteiger partial charge is 0.142 e. The second-order valence-electron chi connectivity index (χ2n) is 3.77. The van der Waals surface area contributed by atoms with Gasteiger partial charge in [0, 0.05) is 6.04 Å². The molecule has 0 aromatic heterocycles. The van der Waals surface area contributed by atoms with Crippen molar-refractivity contribution < 1.29 is 4.39 Å². The van der Waals surface area contributed by atoms with Gasteiger partial charge in [0.05, 0.1) is 5.02 Å². The second kappa shape index (κ2) is 3.87. The van der Waals surface area contributed by atoms with Gasteiger partial charge in [-0.2, -0.15) is 0 Å². The van der Waals surface area contributed by atoms with Gasteiger partial charge in [-0.25, -0.2) is 4.39 Å². The molecule has 1 fully saturated rings. The molecule has 1 unspecified atom stereocenters. The van der Waals surface area contributed by atoms with Crippen LogP contribution in [0.5, 0.6) is 0 Å². The van der Waals surface area contributed by atoms with Crippen LogP contribution in [0.4, 0.5) is 4.39 Å². The van der Waals surface area contributed by atoms with E-state index in [1.54, 1.807) is 12.1 Å². The van der Waals surface area contributed by atoms with Crippen molar-refractivity contribution in [1.82, 2.24) is 5.32 Å². The maximum Gasteiger partial charge on any atom is 0.142 e. The van der Waals surface area contributed by atoms with Crippen LogP contribution in [0, 0.1) is 12.7 Å². The summed E-state index contributed by atoms with van der Waals surface area (Å²) in [6.45, 7) is 3.00. The molecule has 76 valence electrons. The fourth-order valence-corrected chi connectivity index (χ4v) is 2.21. The molecular formula is C11H13ClFN. The summed E-state index contributed by atoms with van der Waals surface area (Å²) < 4.78 is 13.3. The number of rotatable bonds is 1. The summed E-state index contributed by atoms with van der Waals surface area (Å²) in [6.07, 6.45) is 2.25. The van der Waals surface area contributed by atoms with Gasteiger partial charge in [0.15, 0.2) is 0 Å². The summed E-state index contributed by atoms with van der Waals surface area (Å²) in [5.74, 6) is -0.319. The number of hydrogen-bond donors (Lipinski definition) is 1. The summed E-state index contributed by atoms with van der Waals surface area (Å²) in [6, 6.07) is 3.56. The molecule has 0 bridgehead atoms. The molecule has 0 spiro atoms. The lowest BCUT2D eigenvalue weighted by Crippen LogP contribution is -2.14. The monoisotopic (exact) mass is 213 g/mol. The fraction of sp³-hybridized carbons (Fsp3) is 0.455. The minimum absolute atomic E-state index is 0.212. The summed E-state index contributed by atoms with van der Waals surface area (Å²) in [5, 5.41) is 3.56. The van der Waals surface area contributed by atoms with E-state index in [4.69, 9.17) is 11.6 Å². The zero-order chi connectivity index (χ0) is 10.1. The van der Waals surface area contributed by atoms with Crippen LogP contribution in [0.15, 0.2) is 12.1 Å². The third-order valence-corrected chi connectivity index (χ3v) is 3.03. The van der Waals surface area contributed by atoms with Crippen molar-refractivity contribution in [2.75, 3.05) is 6.54 Å². The van der Waals surface area contributed by atoms with E-state index in [0.29, 0.717) is 6.04 Å². The molecule has 0 aliphatic carbocycles. The molecule has 1 aliphatic heterocycles. The molecule has 0 saturated carbocycles. The molecule has 1 nitrogen and oxygen atoms in total. The van der Waals surface area contributed by atoms with Crippen molar-refractivity contribution >= 4 is 11.6 Å². The lowest BCUT2D eigenvalue weighted by Gasteiger charge is -2.14. The number of benzene rings is 1. The molecule has 1 N–H and O–H groups in total. The third kappa shape index (κ3) is 1.77. The van der Waals surface area contributed by atoms with Crippen LogP contribution in [0.25, 0.3) is 0 Å². The Kier molecular flexibility index (Phi) is 2.75. The predicted molar refractivity (Wildman–Crippen MR) is 56.1 cm³/mol. The average molecular weight is 214 g/mol. The Labute approximate surface area is 88.3 Å². The quantitative estimate of drug-likeness (QED) is 0.756. The Bertz CT molecular complexity index is 345. The minimum atomic E-state index is -0.319. The van der Waals surface area contributed by atoms with E-state index in [2.05, 4.69) is 5.32 Å². The Morgan fingerprint density at radius 2 is 2.29 bits per heavy atom. The molecule has 0 radical (unpaired) electrons. The molecule has 1 saturated heterocycles.